The molecule has 0 bridgehead atoms. The first-order valence-electron chi connectivity index (χ1n) is 9.74. The Morgan fingerprint density at radius 2 is 1.83 bits per heavy atom. The van der Waals surface area contributed by atoms with Crippen molar-refractivity contribution >= 4 is 23.4 Å². The van der Waals surface area contributed by atoms with Gasteiger partial charge in [0, 0.05) is 29.1 Å². The lowest BCUT2D eigenvalue weighted by molar-refractivity contribution is 0.0502. The Morgan fingerprint density at radius 3 is 2.59 bits per heavy atom. The lowest BCUT2D eigenvalue weighted by atomic mass is 9.81. The maximum Gasteiger partial charge on any atom is 0.355 e. The Hall–Kier alpha value is -2.85. The topological polar surface area (TPSA) is 59.2 Å². The first-order valence-corrected chi connectivity index (χ1v) is 10.1. The summed E-state index contributed by atoms with van der Waals surface area (Å²) in [6.07, 6.45) is 1.68. The van der Waals surface area contributed by atoms with Crippen LogP contribution < -0.4 is 0 Å². The number of rotatable bonds is 5. The zero-order valence-corrected chi connectivity index (χ0v) is 17.0. The molecule has 0 spiro atoms. The quantitative estimate of drug-likeness (QED) is 0.584. The van der Waals surface area contributed by atoms with Crippen molar-refractivity contribution in [1.82, 2.24) is 4.98 Å². The van der Waals surface area contributed by atoms with Crippen LogP contribution in [-0.2, 0) is 17.6 Å². The Morgan fingerprint density at radius 1 is 1.10 bits per heavy atom. The SMILES string of the molecule is Cc1c(C(=O)OCCc2ccccc2)[nH]c2c1C(=O)C[C@@H](c1ccccc1Cl)C2. The zero-order valence-electron chi connectivity index (χ0n) is 16.2. The van der Waals surface area contributed by atoms with Crippen molar-refractivity contribution in [3.8, 4) is 0 Å². The van der Waals surface area contributed by atoms with Gasteiger partial charge in [-0.1, -0.05) is 60.1 Å². The number of halogens is 1. The van der Waals surface area contributed by atoms with Crippen LogP contribution in [-0.4, -0.2) is 23.3 Å². The van der Waals surface area contributed by atoms with Gasteiger partial charge >= 0.3 is 5.97 Å². The predicted molar refractivity (Wildman–Crippen MR) is 113 cm³/mol. The second-order valence-corrected chi connectivity index (χ2v) is 7.81. The monoisotopic (exact) mass is 407 g/mol. The third-order valence-corrected chi connectivity index (χ3v) is 5.85. The van der Waals surface area contributed by atoms with Crippen molar-refractivity contribution in [1.29, 1.82) is 0 Å². The minimum absolute atomic E-state index is 0.00343. The highest BCUT2D eigenvalue weighted by molar-refractivity contribution is 6.31. The van der Waals surface area contributed by atoms with Crippen molar-refractivity contribution in [3.05, 3.63) is 93.3 Å². The average molecular weight is 408 g/mol. The van der Waals surface area contributed by atoms with Crippen LogP contribution in [0.2, 0.25) is 5.02 Å². The van der Waals surface area contributed by atoms with Gasteiger partial charge in [-0.25, -0.2) is 4.79 Å². The summed E-state index contributed by atoms with van der Waals surface area (Å²) in [6.45, 7) is 2.10. The van der Waals surface area contributed by atoms with E-state index >= 15 is 0 Å². The molecule has 3 aromatic rings. The van der Waals surface area contributed by atoms with E-state index in [2.05, 4.69) is 4.98 Å². The van der Waals surface area contributed by atoms with Gasteiger partial charge in [-0.3, -0.25) is 4.79 Å². The molecule has 0 saturated carbocycles. The largest absolute Gasteiger partial charge is 0.461 e. The first kappa shape index (κ1) is 19.5. The van der Waals surface area contributed by atoms with Crippen LogP contribution in [0.15, 0.2) is 54.6 Å². The first-order chi connectivity index (χ1) is 14.0. The van der Waals surface area contributed by atoms with Gasteiger partial charge in [0.25, 0.3) is 0 Å². The molecule has 0 amide bonds. The molecule has 4 nitrogen and oxygen atoms in total. The van der Waals surface area contributed by atoms with Crippen LogP contribution in [0.3, 0.4) is 0 Å². The molecule has 0 unspecified atom stereocenters. The Balaban J connectivity index is 1.50. The fourth-order valence-corrected chi connectivity index (χ4v) is 4.33. The lowest BCUT2D eigenvalue weighted by Crippen LogP contribution is -2.18. The molecule has 5 heteroatoms. The molecule has 0 radical (unpaired) electrons. The van der Waals surface area contributed by atoms with E-state index in [9.17, 15) is 9.59 Å². The number of nitrogens with one attached hydrogen (secondary N) is 1. The molecule has 0 saturated heterocycles. The summed E-state index contributed by atoms with van der Waals surface area (Å²) in [5.74, 6) is -0.383. The van der Waals surface area contributed by atoms with Gasteiger partial charge in [-0.2, -0.15) is 0 Å². The summed E-state index contributed by atoms with van der Waals surface area (Å²) in [7, 11) is 0. The fraction of sp³-hybridized carbons (Fsp3) is 0.250. The number of benzene rings is 2. The van der Waals surface area contributed by atoms with Gasteiger partial charge in [-0.05, 0) is 42.0 Å². The van der Waals surface area contributed by atoms with E-state index in [1.165, 1.54) is 0 Å². The molecule has 0 aliphatic heterocycles. The molecule has 1 aliphatic carbocycles. The number of H-pyrrole nitrogens is 1. The van der Waals surface area contributed by atoms with Gasteiger partial charge in [0.2, 0.25) is 0 Å². The minimum atomic E-state index is -0.421. The number of esters is 1. The van der Waals surface area contributed by atoms with Crippen LogP contribution in [0.1, 0.15) is 55.6 Å². The van der Waals surface area contributed by atoms with Crippen molar-refractivity contribution in [3.63, 3.8) is 0 Å². The van der Waals surface area contributed by atoms with Crippen LogP contribution >= 0.6 is 11.6 Å². The van der Waals surface area contributed by atoms with E-state index in [-0.39, 0.29) is 11.7 Å². The van der Waals surface area contributed by atoms with Crippen molar-refractivity contribution in [2.45, 2.75) is 32.1 Å². The van der Waals surface area contributed by atoms with E-state index in [0.717, 1.165) is 16.8 Å². The van der Waals surface area contributed by atoms with E-state index in [1.807, 2.05) is 54.6 Å². The molecule has 2 aromatic carbocycles. The molecule has 1 aliphatic rings. The number of Topliss-reactive ketones (excluding diaryl/α,β-unsaturated/α-hetero) is 1. The summed E-state index contributed by atoms with van der Waals surface area (Å²) in [4.78, 5) is 28.6. The number of hydrogen-bond acceptors (Lipinski definition) is 3. The van der Waals surface area contributed by atoms with Crippen LogP contribution in [0, 0.1) is 6.92 Å². The molecular weight excluding hydrogens is 386 g/mol. The number of hydrogen-bond donors (Lipinski definition) is 1. The normalized spacial score (nSPS) is 15.8. The number of ether oxygens (including phenoxy) is 1. The highest BCUT2D eigenvalue weighted by Crippen LogP contribution is 2.37. The fourth-order valence-electron chi connectivity index (χ4n) is 4.04. The number of aromatic amines is 1. The highest BCUT2D eigenvalue weighted by Gasteiger charge is 2.32. The standard InChI is InChI=1S/C24H22ClNO3/c1-15-22-20(13-17(14-21(22)27)18-9-5-6-10-19(18)25)26-23(15)24(28)29-12-11-16-7-3-2-4-8-16/h2-10,17,26H,11-14H2,1H3/t17-/m0/s1. The van der Waals surface area contributed by atoms with Crippen molar-refractivity contribution in [2.75, 3.05) is 6.61 Å². The second kappa shape index (κ2) is 8.26. The summed E-state index contributed by atoms with van der Waals surface area (Å²) in [5.41, 5.74) is 4.54. The van der Waals surface area contributed by atoms with Crippen LogP contribution in [0.4, 0.5) is 0 Å². The third-order valence-electron chi connectivity index (χ3n) is 5.50. The molecule has 29 heavy (non-hydrogen) atoms. The summed E-state index contributed by atoms with van der Waals surface area (Å²) in [6, 6.07) is 17.5. The van der Waals surface area contributed by atoms with Gasteiger partial charge in [-0.15, -0.1) is 0 Å². The summed E-state index contributed by atoms with van der Waals surface area (Å²) in [5, 5.41) is 0.664. The number of aromatic nitrogens is 1. The number of ketones is 1. The Kier molecular flexibility index (Phi) is 5.54. The maximum atomic E-state index is 12.8. The zero-order chi connectivity index (χ0) is 20.4. The molecule has 4 rings (SSSR count). The molecule has 148 valence electrons. The molecule has 1 aromatic heterocycles. The minimum Gasteiger partial charge on any atom is -0.461 e. The Bertz CT molecular complexity index is 1060. The number of carbonyl (C=O) groups is 2. The molecule has 1 heterocycles. The van der Waals surface area contributed by atoms with E-state index in [4.69, 9.17) is 16.3 Å². The van der Waals surface area contributed by atoms with E-state index in [1.54, 1.807) is 6.92 Å². The average Bonchev–Trinajstić information content (AvgIpc) is 3.06. The predicted octanol–water partition coefficient (Wildman–Crippen LogP) is 5.29. The second-order valence-electron chi connectivity index (χ2n) is 7.40. The number of carbonyl (C=O) groups excluding carboxylic acids is 2. The summed E-state index contributed by atoms with van der Waals surface area (Å²) >= 11 is 6.33. The van der Waals surface area contributed by atoms with Crippen LogP contribution in [0.25, 0.3) is 0 Å². The molecular formula is C24H22ClNO3. The number of fused-ring (bicyclic) bond motifs is 1. The smallest absolute Gasteiger partial charge is 0.355 e. The van der Waals surface area contributed by atoms with Gasteiger partial charge in [0.1, 0.15) is 5.69 Å². The molecule has 1 N–H and O–H groups in total. The van der Waals surface area contributed by atoms with E-state index < -0.39 is 5.97 Å². The molecule has 1 atom stereocenters. The molecule has 0 fully saturated rings. The van der Waals surface area contributed by atoms with Crippen LogP contribution in [0.5, 0.6) is 0 Å². The highest BCUT2D eigenvalue weighted by atomic mass is 35.5. The maximum absolute atomic E-state index is 12.8. The van der Waals surface area contributed by atoms with Crippen molar-refractivity contribution in [2.24, 2.45) is 0 Å². The van der Waals surface area contributed by atoms with Gasteiger partial charge < -0.3 is 9.72 Å². The lowest BCUT2D eigenvalue weighted by Gasteiger charge is -2.22. The van der Waals surface area contributed by atoms with Crippen molar-refractivity contribution < 1.29 is 14.3 Å². The van der Waals surface area contributed by atoms with E-state index in [0.29, 0.717) is 47.7 Å². The van der Waals surface area contributed by atoms with Gasteiger partial charge in [0.15, 0.2) is 5.78 Å². The van der Waals surface area contributed by atoms with Gasteiger partial charge in [0.05, 0.1) is 6.61 Å². The summed E-state index contributed by atoms with van der Waals surface area (Å²) < 4.78 is 5.45. The Labute approximate surface area is 174 Å². The third kappa shape index (κ3) is 3.99.